The summed E-state index contributed by atoms with van der Waals surface area (Å²) >= 11 is 0. The molecule has 2 aromatic rings. The maximum Gasteiger partial charge on any atom is 0.336 e. The topological polar surface area (TPSA) is 86.8 Å². The summed E-state index contributed by atoms with van der Waals surface area (Å²) in [6.07, 6.45) is -0.750. The van der Waals surface area contributed by atoms with Gasteiger partial charge in [-0.05, 0) is 45.0 Å². The third-order valence-corrected chi connectivity index (χ3v) is 6.36. The summed E-state index contributed by atoms with van der Waals surface area (Å²) in [6.45, 7) is 5.27. The summed E-state index contributed by atoms with van der Waals surface area (Å²) in [6, 6.07) is 14.0. The smallest absolute Gasteiger partial charge is 0.330 e. The summed E-state index contributed by atoms with van der Waals surface area (Å²) in [7, 11) is -4.01. The van der Waals surface area contributed by atoms with Crippen molar-refractivity contribution in [1.82, 2.24) is 14.5 Å². The van der Waals surface area contributed by atoms with E-state index in [-0.39, 0.29) is 23.4 Å². The minimum Gasteiger partial charge on any atom is -0.330 e. The van der Waals surface area contributed by atoms with Gasteiger partial charge in [-0.15, -0.1) is 0 Å². The fraction of sp³-hybridized carbons (Fsp3) is 0.300. The monoisotopic (exact) mass is 401 g/mol. The number of aryl methyl sites for hydroxylation is 1. The molecule has 1 aliphatic heterocycles. The van der Waals surface area contributed by atoms with Gasteiger partial charge in [-0.3, -0.25) is 9.69 Å². The van der Waals surface area contributed by atoms with E-state index in [9.17, 15) is 18.0 Å². The molecule has 2 aromatic carbocycles. The number of nitrogens with zero attached hydrogens (tertiary/aromatic N) is 2. The fourth-order valence-corrected chi connectivity index (χ4v) is 4.52. The molecule has 3 rings (SSSR count). The third-order valence-electron chi connectivity index (χ3n) is 4.61. The molecule has 8 heteroatoms. The lowest BCUT2D eigenvalue weighted by Gasteiger charge is -2.27. The Bertz CT molecular complexity index is 972. The van der Waals surface area contributed by atoms with Crippen molar-refractivity contribution in [2.75, 3.05) is 6.54 Å². The van der Waals surface area contributed by atoms with Crippen molar-refractivity contribution in [1.29, 1.82) is 0 Å². The number of rotatable bonds is 5. The van der Waals surface area contributed by atoms with E-state index in [4.69, 9.17) is 0 Å². The van der Waals surface area contributed by atoms with Gasteiger partial charge in [-0.2, -0.15) is 0 Å². The first kappa shape index (κ1) is 19.9. The summed E-state index contributed by atoms with van der Waals surface area (Å²) in [5.41, 5.74) is 1.36. The molecule has 1 heterocycles. The molecule has 7 nitrogen and oxygen atoms in total. The van der Waals surface area contributed by atoms with Gasteiger partial charge >= 0.3 is 6.03 Å². The van der Waals surface area contributed by atoms with Crippen LogP contribution in [0, 0.1) is 6.92 Å². The number of sulfonamides is 1. The van der Waals surface area contributed by atoms with Crippen LogP contribution in [0.4, 0.5) is 4.79 Å². The van der Waals surface area contributed by atoms with Crippen LogP contribution in [0.5, 0.6) is 0 Å². The van der Waals surface area contributed by atoms with Crippen LogP contribution in [0.3, 0.4) is 0 Å². The third kappa shape index (κ3) is 3.73. The predicted molar refractivity (Wildman–Crippen MR) is 105 cm³/mol. The molecule has 0 spiro atoms. The molecule has 0 aliphatic carbocycles. The van der Waals surface area contributed by atoms with Gasteiger partial charge in [0.25, 0.3) is 15.9 Å². The highest BCUT2D eigenvalue weighted by Gasteiger charge is 2.45. The highest BCUT2D eigenvalue weighted by Crippen LogP contribution is 2.25. The van der Waals surface area contributed by atoms with Crippen molar-refractivity contribution < 1.29 is 18.0 Å². The SMILES string of the molecule is Cc1ccc(S(=O)(=O)N2CC(NC(=O)c3ccccc3)N(C(C)C)C2=O)cc1. The maximum absolute atomic E-state index is 13.0. The standard InChI is InChI=1S/C20H23N3O4S/c1-14(2)23-18(21-19(24)16-7-5-4-6-8-16)13-22(20(23)25)28(26,27)17-11-9-15(3)10-12-17/h4-12,14,18H,13H2,1-3H3,(H,21,24). The Hall–Kier alpha value is -2.87. The normalized spacial score (nSPS) is 17.3. The number of carbonyl (C=O) groups excluding carboxylic acids is 2. The van der Waals surface area contributed by atoms with Crippen LogP contribution in [0.25, 0.3) is 0 Å². The van der Waals surface area contributed by atoms with Gasteiger partial charge < -0.3 is 5.32 Å². The minimum absolute atomic E-state index is 0.0465. The second kappa shape index (κ2) is 7.63. The summed E-state index contributed by atoms with van der Waals surface area (Å²) in [4.78, 5) is 26.8. The first-order valence-corrected chi connectivity index (χ1v) is 10.4. The molecule has 1 fully saturated rings. The molecular weight excluding hydrogens is 378 g/mol. The van der Waals surface area contributed by atoms with E-state index in [0.717, 1.165) is 9.87 Å². The van der Waals surface area contributed by atoms with Crippen molar-refractivity contribution in [3.8, 4) is 0 Å². The number of nitrogens with one attached hydrogen (secondary N) is 1. The van der Waals surface area contributed by atoms with Crippen LogP contribution in [0.15, 0.2) is 59.5 Å². The average Bonchev–Trinajstić information content (AvgIpc) is 2.99. The molecular formula is C20H23N3O4S. The van der Waals surface area contributed by atoms with Crippen molar-refractivity contribution in [3.05, 3.63) is 65.7 Å². The van der Waals surface area contributed by atoms with Crippen LogP contribution in [0.1, 0.15) is 29.8 Å². The molecule has 0 radical (unpaired) electrons. The average molecular weight is 401 g/mol. The van der Waals surface area contributed by atoms with E-state index in [1.807, 2.05) is 6.92 Å². The van der Waals surface area contributed by atoms with E-state index in [1.165, 1.54) is 17.0 Å². The molecule has 148 valence electrons. The van der Waals surface area contributed by atoms with Crippen molar-refractivity contribution in [3.63, 3.8) is 0 Å². The molecule has 0 aromatic heterocycles. The summed E-state index contributed by atoms with van der Waals surface area (Å²) < 4.78 is 26.8. The Balaban J connectivity index is 1.88. The van der Waals surface area contributed by atoms with Gasteiger partial charge in [0.15, 0.2) is 0 Å². The lowest BCUT2D eigenvalue weighted by Crippen LogP contribution is -2.49. The predicted octanol–water partition coefficient (Wildman–Crippen LogP) is 2.59. The molecule has 1 N–H and O–H groups in total. The Kier molecular flexibility index (Phi) is 5.42. The second-order valence-electron chi connectivity index (χ2n) is 6.99. The second-order valence-corrected chi connectivity index (χ2v) is 8.85. The largest absolute Gasteiger partial charge is 0.336 e. The van der Waals surface area contributed by atoms with Crippen LogP contribution in [-0.4, -0.2) is 48.3 Å². The number of carbonyl (C=O) groups is 2. The highest BCUT2D eigenvalue weighted by atomic mass is 32.2. The lowest BCUT2D eigenvalue weighted by atomic mass is 10.2. The maximum atomic E-state index is 13.0. The Labute approximate surface area is 165 Å². The first-order valence-electron chi connectivity index (χ1n) is 8.99. The number of amides is 3. The van der Waals surface area contributed by atoms with Gasteiger partial charge in [0.05, 0.1) is 11.4 Å². The molecule has 1 saturated heterocycles. The molecule has 3 amide bonds. The van der Waals surface area contributed by atoms with E-state index in [1.54, 1.807) is 56.3 Å². The number of hydrogen-bond acceptors (Lipinski definition) is 4. The molecule has 28 heavy (non-hydrogen) atoms. The Morgan fingerprint density at radius 2 is 1.68 bits per heavy atom. The quantitative estimate of drug-likeness (QED) is 0.834. The van der Waals surface area contributed by atoms with Crippen LogP contribution >= 0.6 is 0 Å². The summed E-state index contributed by atoms with van der Waals surface area (Å²) in [5.74, 6) is -0.362. The molecule has 1 unspecified atom stereocenters. The van der Waals surface area contributed by atoms with Gasteiger partial charge in [0.2, 0.25) is 0 Å². The Morgan fingerprint density at radius 1 is 1.07 bits per heavy atom. The molecule has 1 aliphatic rings. The number of hydrogen-bond donors (Lipinski definition) is 1. The van der Waals surface area contributed by atoms with Crippen LogP contribution < -0.4 is 5.32 Å². The van der Waals surface area contributed by atoms with Crippen LogP contribution in [0.2, 0.25) is 0 Å². The van der Waals surface area contributed by atoms with E-state index >= 15 is 0 Å². The minimum atomic E-state index is -4.01. The van der Waals surface area contributed by atoms with Gasteiger partial charge in [-0.25, -0.2) is 17.5 Å². The molecule has 0 bridgehead atoms. The van der Waals surface area contributed by atoms with Crippen molar-refractivity contribution in [2.24, 2.45) is 0 Å². The fourth-order valence-electron chi connectivity index (χ4n) is 3.14. The highest BCUT2D eigenvalue weighted by molar-refractivity contribution is 7.89. The lowest BCUT2D eigenvalue weighted by molar-refractivity contribution is 0.0890. The zero-order chi connectivity index (χ0) is 20.5. The zero-order valence-electron chi connectivity index (χ0n) is 16.0. The molecule has 0 saturated carbocycles. The van der Waals surface area contributed by atoms with Gasteiger partial charge in [0.1, 0.15) is 6.17 Å². The first-order chi connectivity index (χ1) is 13.2. The van der Waals surface area contributed by atoms with E-state index < -0.39 is 22.2 Å². The van der Waals surface area contributed by atoms with Gasteiger partial charge in [0, 0.05) is 11.6 Å². The van der Waals surface area contributed by atoms with Crippen LogP contribution in [-0.2, 0) is 10.0 Å². The van der Waals surface area contributed by atoms with Crippen molar-refractivity contribution >= 4 is 22.0 Å². The van der Waals surface area contributed by atoms with Gasteiger partial charge in [-0.1, -0.05) is 35.9 Å². The van der Waals surface area contributed by atoms with E-state index in [2.05, 4.69) is 5.32 Å². The number of urea groups is 1. The molecule has 1 atom stereocenters. The Morgan fingerprint density at radius 3 is 2.25 bits per heavy atom. The zero-order valence-corrected chi connectivity index (χ0v) is 16.8. The number of benzene rings is 2. The summed E-state index contributed by atoms with van der Waals surface area (Å²) in [5, 5.41) is 2.78. The van der Waals surface area contributed by atoms with E-state index in [0.29, 0.717) is 5.56 Å². The van der Waals surface area contributed by atoms with Crippen molar-refractivity contribution in [2.45, 2.75) is 37.9 Å².